The molecule has 0 amide bonds. The van der Waals surface area contributed by atoms with Crippen LogP contribution in [0.15, 0.2) is 41.2 Å². The molecule has 0 atom stereocenters. The van der Waals surface area contributed by atoms with Gasteiger partial charge in [0.05, 0.1) is 36.0 Å². The van der Waals surface area contributed by atoms with Gasteiger partial charge in [0.25, 0.3) is 11.2 Å². The fourth-order valence-corrected chi connectivity index (χ4v) is 4.02. The molecule has 178 valence electrons. The summed E-state index contributed by atoms with van der Waals surface area (Å²) in [5.74, 6) is 0.747. The Labute approximate surface area is 194 Å². The van der Waals surface area contributed by atoms with Crippen LogP contribution in [0.3, 0.4) is 0 Å². The molecule has 0 unspecified atom stereocenters. The van der Waals surface area contributed by atoms with Crippen LogP contribution in [0.4, 0.5) is 10.1 Å². The van der Waals surface area contributed by atoms with Crippen LogP contribution in [0.2, 0.25) is 0 Å². The molecule has 1 aromatic heterocycles. The number of aryl methyl sites for hydroxylation is 1. The highest BCUT2D eigenvalue weighted by Gasteiger charge is 2.22. The lowest BCUT2D eigenvalue weighted by atomic mass is 10.1. The maximum Gasteiger partial charge on any atom is 0.271 e. The quantitative estimate of drug-likeness (QED) is 0.418. The van der Waals surface area contributed by atoms with Crippen molar-refractivity contribution in [3.05, 3.63) is 74.1 Å². The number of nitro groups is 1. The highest BCUT2D eigenvalue weighted by molar-refractivity contribution is 5.82. The zero-order valence-electron chi connectivity index (χ0n) is 19.0. The van der Waals surface area contributed by atoms with Gasteiger partial charge in [-0.25, -0.2) is 9.37 Å². The van der Waals surface area contributed by atoms with Crippen LogP contribution in [0.5, 0.6) is 5.75 Å². The molecule has 3 aromatic rings. The lowest BCUT2D eigenvalue weighted by Gasteiger charge is -2.34. The van der Waals surface area contributed by atoms with Gasteiger partial charge in [0.1, 0.15) is 23.2 Å². The molecular weight excluding hydrogens is 443 g/mol. The average Bonchev–Trinajstić information content (AvgIpc) is 2.81. The number of benzene rings is 2. The standard InChI is InChI=1S/C23H25FN6O4/c1-27-9-10-28(21(25)13-27)14-22-26-20-11-16(30(32)33)4-6-18(20)23(31)29(22)8-7-15-3-5-17(34-2)12-19(15)24/h3-6,11-12,25H,7-10,13-14H2,1-2H3. The Kier molecular flexibility index (Phi) is 6.55. The second-order valence-electron chi connectivity index (χ2n) is 8.26. The van der Waals surface area contributed by atoms with E-state index in [9.17, 15) is 19.3 Å². The Morgan fingerprint density at radius 2 is 2.03 bits per heavy atom. The normalized spacial score (nSPS) is 14.6. The highest BCUT2D eigenvalue weighted by atomic mass is 19.1. The molecule has 34 heavy (non-hydrogen) atoms. The highest BCUT2D eigenvalue weighted by Crippen LogP contribution is 2.20. The molecule has 4 rings (SSSR count). The van der Waals surface area contributed by atoms with Crippen molar-refractivity contribution in [2.75, 3.05) is 33.8 Å². The molecule has 2 aromatic carbocycles. The third kappa shape index (κ3) is 4.74. The molecule has 2 heterocycles. The van der Waals surface area contributed by atoms with E-state index in [2.05, 4.69) is 4.98 Å². The molecule has 10 nitrogen and oxygen atoms in total. The van der Waals surface area contributed by atoms with Crippen molar-refractivity contribution < 1.29 is 14.1 Å². The molecule has 0 saturated carbocycles. The predicted octanol–water partition coefficient (Wildman–Crippen LogP) is 2.42. The van der Waals surface area contributed by atoms with Gasteiger partial charge in [-0.15, -0.1) is 0 Å². The van der Waals surface area contributed by atoms with Gasteiger partial charge in [-0.3, -0.25) is 29.8 Å². The SMILES string of the molecule is COc1ccc(CCn2c(CN3CCN(C)CC3=N)nc3cc([N+](=O)[O-])ccc3c2=O)c(F)c1. The number of hydrogen-bond donors (Lipinski definition) is 1. The number of non-ortho nitro benzene ring substituents is 1. The van der Waals surface area contributed by atoms with Gasteiger partial charge in [0, 0.05) is 37.8 Å². The number of fused-ring (bicyclic) bond motifs is 1. The number of methoxy groups -OCH3 is 1. The van der Waals surface area contributed by atoms with Gasteiger partial charge in [-0.2, -0.15) is 0 Å². The van der Waals surface area contributed by atoms with E-state index >= 15 is 0 Å². The Balaban J connectivity index is 1.73. The summed E-state index contributed by atoms with van der Waals surface area (Å²) in [6.07, 6.45) is 0.239. The van der Waals surface area contributed by atoms with Crippen LogP contribution in [0.25, 0.3) is 10.9 Å². The summed E-state index contributed by atoms with van der Waals surface area (Å²) in [5, 5.41) is 19.8. The molecule has 1 aliphatic heterocycles. The van der Waals surface area contributed by atoms with Crippen molar-refractivity contribution in [2.24, 2.45) is 0 Å². The van der Waals surface area contributed by atoms with Gasteiger partial charge in [0.2, 0.25) is 0 Å². The van der Waals surface area contributed by atoms with Crippen molar-refractivity contribution in [3.8, 4) is 5.75 Å². The first-order valence-electron chi connectivity index (χ1n) is 10.8. The lowest BCUT2D eigenvalue weighted by Crippen LogP contribution is -2.48. The number of amidine groups is 1. The van der Waals surface area contributed by atoms with Crippen molar-refractivity contribution in [1.29, 1.82) is 5.41 Å². The van der Waals surface area contributed by atoms with Gasteiger partial charge in [-0.1, -0.05) is 6.07 Å². The van der Waals surface area contributed by atoms with E-state index < -0.39 is 10.7 Å². The minimum Gasteiger partial charge on any atom is -0.497 e. The molecule has 11 heteroatoms. The Morgan fingerprint density at radius 3 is 2.71 bits per heavy atom. The first-order chi connectivity index (χ1) is 16.3. The molecule has 1 aliphatic rings. The van der Waals surface area contributed by atoms with Crippen molar-refractivity contribution in [3.63, 3.8) is 0 Å². The van der Waals surface area contributed by atoms with Crippen LogP contribution >= 0.6 is 0 Å². The van der Waals surface area contributed by atoms with E-state index in [1.54, 1.807) is 12.1 Å². The number of ether oxygens (including phenoxy) is 1. The summed E-state index contributed by atoms with van der Waals surface area (Å²) in [6.45, 7) is 2.18. The summed E-state index contributed by atoms with van der Waals surface area (Å²) < 4.78 is 21.0. The van der Waals surface area contributed by atoms with Crippen LogP contribution in [0, 0.1) is 21.3 Å². The van der Waals surface area contributed by atoms with E-state index in [0.29, 0.717) is 36.1 Å². The van der Waals surface area contributed by atoms with Crippen LogP contribution in [-0.4, -0.2) is 63.9 Å². The first kappa shape index (κ1) is 23.3. The molecule has 0 bridgehead atoms. The number of halogens is 1. The number of hydrogen-bond acceptors (Lipinski definition) is 7. The van der Waals surface area contributed by atoms with E-state index in [1.165, 1.54) is 35.9 Å². The number of likely N-dealkylation sites (N-methyl/N-ethyl adjacent to an activating group) is 1. The van der Waals surface area contributed by atoms with Gasteiger partial charge >= 0.3 is 0 Å². The number of piperazine rings is 1. The zero-order valence-corrected chi connectivity index (χ0v) is 19.0. The number of nitrogens with zero attached hydrogens (tertiary/aromatic N) is 5. The predicted molar refractivity (Wildman–Crippen MR) is 125 cm³/mol. The van der Waals surface area contributed by atoms with Crippen molar-refractivity contribution in [2.45, 2.75) is 19.5 Å². The van der Waals surface area contributed by atoms with Crippen molar-refractivity contribution in [1.82, 2.24) is 19.4 Å². The van der Waals surface area contributed by atoms with Gasteiger partial charge in [-0.05, 0) is 31.2 Å². The monoisotopic (exact) mass is 468 g/mol. The third-order valence-electron chi connectivity index (χ3n) is 5.98. The fraction of sp³-hybridized carbons (Fsp3) is 0.348. The zero-order chi connectivity index (χ0) is 24.4. The second-order valence-corrected chi connectivity index (χ2v) is 8.26. The third-order valence-corrected chi connectivity index (χ3v) is 5.98. The van der Waals surface area contributed by atoms with E-state index in [0.717, 1.165) is 6.54 Å². The molecule has 0 radical (unpaired) electrons. The van der Waals surface area contributed by atoms with E-state index in [4.69, 9.17) is 10.1 Å². The van der Waals surface area contributed by atoms with Crippen LogP contribution in [0.1, 0.15) is 11.4 Å². The Bertz CT molecular complexity index is 1320. The maximum absolute atomic E-state index is 14.5. The molecular formula is C23H25FN6O4. The molecule has 1 N–H and O–H groups in total. The summed E-state index contributed by atoms with van der Waals surface area (Å²) in [4.78, 5) is 32.5. The van der Waals surface area contributed by atoms with Crippen molar-refractivity contribution >= 4 is 22.4 Å². The number of aromatic nitrogens is 2. The van der Waals surface area contributed by atoms with Crippen LogP contribution in [-0.2, 0) is 19.5 Å². The molecule has 0 spiro atoms. The Morgan fingerprint density at radius 1 is 1.24 bits per heavy atom. The number of rotatable bonds is 7. The summed E-state index contributed by atoms with van der Waals surface area (Å²) in [7, 11) is 3.39. The van der Waals surface area contributed by atoms with E-state index in [-0.39, 0.29) is 41.7 Å². The summed E-state index contributed by atoms with van der Waals surface area (Å²) >= 11 is 0. The fourth-order valence-electron chi connectivity index (χ4n) is 4.02. The lowest BCUT2D eigenvalue weighted by molar-refractivity contribution is -0.384. The molecule has 1 saturated heterocycles. The minimum absolute atomic E-state index is 0.157. The average molecular weight is 468 g/mol. The minimum atomic E-state index is -0.533. The topological polar surface area (TPSA) is 118 Å². The van der Waals surface area contributed by atoms with Crippen LogP contribution < -0.4 is 10.3 Å². The van der Waals surface area contributed by atoms with Gasteiger partial charge in [0.15, 0.2) is 0 Å². The van der Waals surface area contributed by atoms with E-state index in [1.807, 2.05) is 16.8 Å². The maximum atomic E-state index is 14.5. The molecule has 1 fully saturated rings. The first-order valence-corrected chi connectivity index (χ1v) is 10.8. The second kappa shape index (κ2) is 9.56. The summed E-state index contributed by atoms with van der Waals surface area (Å²) in [6, 6.07) is 8.52. The number of nitrogens with one attached hydrogen (secondary N) is 1. The smallest absolute Gasteiger partial charge is 0.271 e. The summed E-state index contributed by atoms with van der Waals surface area (Å²) in [5.41, 5.74) is 0.136. The van der Waals surface area contributed by atoms with Gasteiger partial charge < -0.3 is 9.64 Å². The Hall–Kier alpha value is -3.86. The number of nitro benzene ring substituents is 1. The molecule has 0 aliphatic carbocycles. The largest absolute Gasteiger partial charge is 0.497 e.